The van der Waals surface area contributed by atoms with E-state index in [1.807, 2.05) is 32.2 Å². The average Bonchev–Trinajstić information content (AvgIpc) is 2.69. The molecule has 0 radical (unpaired) electrons. The molecular weight excluding hydrogens is 407 g/mol. The first-order chi connectivity index (χ1) is 13.1. The Kier molecular flexibility index (Phi) is 10.5. The van der Waals surface area contributed by atoms with Gasteiger partial charge in [-0.2, -0.15) is 4.98 Å². The lowest BCUT2D eigenvalue weighted by Gasteiger charge is -2.33. The molecule has 3 rings (SSSR count). The van der Waals surface area contributed by atoms with Gasteiger partial charge in [-0.3, -0.25) is 0 Å². The molecule has 0 amide bonds. The monoisotopic (exact) mass is 440 g/mol. The summed E-state index contributed by atoms with van der Waals surface area (Å²) in [7, 11) is 2.04. The molecule has 1 fully saturated rings. The van der Waals surface area contributed by atoms with Crippen LogP contribution in [0.3, 0.4) is 0 Å². The third-order valence-corrected chi connectivity index (χ3v) is 5.24. The van der Waals surface area contributed by atoms with Crippen molar-refractivity contribution in [1.82, 2.24) is 15.3 Å². The number of hydrogen-bond donors (Lipinski definition) is 3. The second-order valence-electron chi connectivity index (χ2n) is 7.41. The number of aromatic nitrogens is 2. The molecule has 0 aliphatic carbocycles. The molecule has 2 aromatic rings. The summed E-state index contributed by atoms with van der Waals surface area (Å²) in [6.07, 6.45) is 5.65. The molecular formula is C21H34Cl2N6. The molecule has 1 aliphatic rings. The van der Waals surface area contributed by atoms with Crippen molar-refractivity contribution >= 4 is 48.0 Å². The van der Waals surface area contributed by atoms with Crippen molar-refractivity contribution in [3.63, 3.8) is 0 Å². The highest BCUT2D eigenvalue weighted by Gasteiger charge is 2.20. The van der Waals surface area contributed by atoms with E-state index >= 15 is 0 Å². The molecule has 1 aromatic carbocycles. The van der Waals surface area contributed by atoms with E-state index < -0.39 is 0 Å². The zero-order chi connectivity index (χ0) is 19.2. The van der Waals surface area contributed by atoms with Gasteiger partial charge in [-0.1, -0.05) is 19.4 Å². The second-order valence-corrected chi connectivity index (χ2v) is 7.41. The minimum atomic E-state index is 0. The van der Waals surface area contributed by atoms with Gasteiger partial charge in [0.15, 0.2) is 0 Å². The Balaban J connectivity index is 0.00000210. The van der Waals surface area contributed by atoms with Crippen molar-refractivity contribution in [1.29, 1.82) is 0 Å². The number of hydrogen-bond acceptors (Lipinski definition) is 6. The zero-order valence-corrected chi connectivity index (χ0v) is 19.2. The maximum atomic E-state index is 6.05. The van der Waals surface area contributed by atoms with Crippen LogP contribution < -0.4 is 21.3 Å². The van der Waals surface area contributed by atoms with Gasteiger partial charge in [0, 0.05) is 42.3 Å². The topological polar surface area (TPSA) is 79.1 Å². The van der Waals surface area contributed by atoms with Gasteiger partial charge >= 0.3 is 0 Å². The third kappa shape index (κ3) is 6.91. The van der Waals surface area contributed by atoms with Gasteiger partial charge in [-0.25, -0.2) is 4.98 Å². The molecule has 162 valence electrons. The fraction of sp³-hybridized carbons (Fsp3) is 0.524. The van der Waals surface area contributed by atoms with E-state index in [0.29, 0.717) is 12.0 Å². The molecule has 0 bridgehead atoms. The van der Waals surface area contributed by atoms with E-state index in [2.05, 4.69) is 28.5 Å². The van der Waals surface area contributed by atoms with E-state index in [4.69, 9.17) is 15.7 Å². The molecule has 0 unspecified atom stereocenters. The summed E-state index contributed by atoms with van der Waals surface area (Å²) in [5, 5.41) is 6.75. The Morgan fingerprint density at radius 3 is 2.69 bits per heavy atom. The van der Waals surface area contributed by atoms with Crippen molar-refractivity contribution in [3.05, 3.63) is 35.5 Å². The van der Waals surface area contributed by atoms with Gasteiger partial charge < -0.3 is 21.3 Å². The number of unbranched alkanes of at least 4 members (excludes halogenated alkanes) is 1. The first-order valence-corrected chi connectivity index (χ1v) is 10.0. The van der Waals surface area contributed by atoms with Crippen LogP contribution in [0.2, 0.25) is 0 Å². The molecule has 0 spiro atoms. The average molecular weight is 441 g/mol. The molecule has 29 heavy (non-hydrogen) atoms. The van der Waals surface area contributed by atoms with Gasteiger partial charge in [0.1, 0.15) is 5.82 Å². The Morgan fingerprint density at radius 2 is 2.00 bits per heavy atom. The molecule has 8 heteroatoms. The number of piperidine rings is 1. The van der Waals surface area contributed by atoms with E-state index in [9.17, 15) is 0 Å². The number of nitrogen functional groups attached to an aromatic ring is 1. The fourth-order valence-corrected chi connectivity index (χ4v) is 3.46. The highest BCUT2D eigenvalue weighted by Crippen LogP contribution is 2.24. The lowest BCUT2D eigenvalue weighted by atomic mass is 10.1. The minimum Gasteiger partial charge on any atom is -0.398 e. The molecule has 1 atom stereocenters. The highest BCUT2D eigenvalue weighted by atomic mass is 35.5. The minimum absolute atomic E-state index is 0. The van der Waals surface area contributed by atoms with Crippen molar-refractivity contribution < 1.29 is 0 Å². The third-order valence-electron chi connectivity index (χ3n) is 5.24. The highest BCUT2D eigenvalue weighted by molar-refractivity contribution is 5.85. The van der Waals surface area contributed by atoms with Crippen LogP contribution in [0.4, 0.5) is 23.1 Å². The van der Waals surface area contributed by atoms with Gasteiger partial charge in [-0.15, -0.1) is 24.8 Å². The normalized spacial score (nSPS) is 16.0. The summed E-state index contributed by atoms with van der Waals surface area (Å²) in [4.78, 5) is 11.9. The second kappa shape index (κ2) is 12.1. The van der Waals surface area contributed by atoms with Crippen LogP contribution >= 0.6 is 24.8 Å². The Bertz CT molecular complexity index is 771. The van der Waals surface area contributed by atoms with Crippen LogP contribution in [0, 0.1) is 6.92 Å². The first-order valence-electron chi connectivity index (χ1n) is 10.0. The van der Waals surface area contributed by atoms with Crippen molar-refractivity contribution in [2.75, 3.05) is 36.1 Å². The number of benzene rings is 1. The van der Waals surface area contributed by atoms with Gasteiger partial charge in [0.2, 0.25) is 5.95 Å². The standard InChI is InChI=1S/C21H32N6.2ClH/c1-4-5-7-16-13-20(27-11-6-8-18(14-27)23-3)26-21(24-16)25-17-10-9-15(2)19(22)12-17;;/h9-10,12-13,18,23H,4-8,11,14,22H2,1-3H3,(H,24,25,26);2*1H/t18-;;/m1../s1. The Hall–Kier alpha value is -1.76. The molecule has 6 nitrogen and oxygen atoms in total. The first kappa shape index (κ1) is 25.3. The molecule has 4 N–H and O–H groups in total. The Morgan fingerprint density at radius 1 is 1.21 bits per heavy atom. The van der Waals surface area contributed by atoms with Crippen molar-refractivity contribution in [2.24, 2.45) is 0 Å². The molecule has 1 aliphatic heterocycles. The van der Waals surface area contributed by atoms with E-state index in [1.54, 1.807) is 0 Å². The number of nitrogens with two attached hydrogens (primary N) is 1. The van der Waals surface area contributed by atoms with E-state index in [0.717, 1.165) is 60.8 Å². The summed E-state index contributed by atoms with van der Waals surface area (Å²) in [6.45, 7) is 6.24. The van der Waals surface area contributed by atoms with Crippen LogP contribution in [0.5, 0.6) is 0 Å². The smallest absolute Gasteiger partial charge is 0.229 e. The number of anilines is 4. The van der Waals surface area contributed by atoms with Crippen LogP contribution in [-0.2, 0) is 6.42 Å². The maximum Gasteiger partial charge on any atom is 0.229 e. The Labute approximate surface area is 186 Å². The van der Waals surface area contributed by atoms with Gasteiger partial charge in [0.05, 0.1) is 0 Å². The lowest BCUT2D eigenvalue weighted by Crippen LogP contribution is -2.44. The van der Waals surface area contributed by atoms with Gasteiger partial charge in [-0.05, 0) is 57.4 Å². The van der Waals surface area contributed by atoms with Crippen LogP contribution in [0.15, 0.2) is 24.3 Å². The number of nitrogens with zero attached hydrogens (tertiary/aromatic N) is 3. The molecule has 2 heterocycles. The van der Waals surface area contributed by atoms with Crippen LogP contribution in [-0.4, -0.2) is 36.1 Å². The number of nitrogens with one attached hydrogen (secondary N) is 2. The van der Waals surface area contributed by atoms with Gasteiger partial charge in [0.25, 0.3) is 0 Å². The number of rotatable bonds is 7. The summed E-state index contributed by atoms with van der Waals surface area (Å²) < 4.78 is 0. The van der Waals surface area contributed by atoms with Crippen LogP contribution in [0.1, 0.15) is 43.9 Å². The number of aryl methyl sites for hydroxylation is 2. The summed E-state index contributed by atoms with van der Waals surface area (Å²) in [6, 6.07) is 8.64. The quantitative estimate of drug-likeness (QED) is 0.550. The number of halogens is 2. The largest absolute Gasteiger partial charge is 0.398 e. The lowest BCUT2D eigenvalue weighted by molar-refractivity contribution is 0.447. The van der Waals surface area contributed by atoms with E-state index in [1.165, 1.54) is 12.8 Å². The predicted molar refractivity (Wildman–Crippen MR) is 128 cm³/mol. The van der Waals surface area contributed by atoms with Crippen molar-refractivity contribution in [3.8, 4) is 0 Å². The molecule has 1 saturated heterocycles. The summed E-state index contributed by atoms with van der Waals surface area (Å²) in [5.41, 5.74) is 9.91. The van der Waals surface area contributed by atoms with Crippen molar-refractivity contribution in [2.45, 2.75) is 52.0 Å². The van der Waals surface area contributed by atoms with Crippen LogP contribution in [0.25, 0.3) is 0 Å². The summed E-state index contributed by atoms with van der Waals surface area (Å²) in [5.74, 6) is 1.66. The maximum absolute atomic E-state index is 6.05. The zero-order valence-electron chi connectivity index (χ0n) is 17.6. The molecule has 1 aromatic heterocycles. The molecule has 0 saturated carbocycles. The SMILES string of the molecule is CCCCc1cc(N2CCC[C@@H](NC)C2)nc(Nc2ccc(C)c(N)c2)n1.Cl.Cl. The number of likely N-dealkylation sites (N-methyl/N-ethyl adjacent to an activating group) is 1. The fourth-order valence-electron chi connectivity index (χ4n) is 3.46. The predicted octanol–water partition coefficient (Wildman–Crippen LogP) is 4.49. The summed E-state index contributed by atoms with van der Waals surface area (Å²) >= 11 is 0. The van der Waals surface area contributed by atoms with E-state index in [-0.39, 0.29) is 24.8 Å².